The fraction of sp³-hybridized carbons (Fsp3) is 0.364. The van der Waals surface area contributed by atoms with Gasteiger partial charge in [-0.2, -0.15) is 0 Å². The Labute approximate surface area is 166 Å². The van der Waals surface area contributed by atoms with Crippen LogP contribution in [0.25, 0.3) is 0 Å². The first-order valence-electron chi connectivity index (χ1n) is 9.55. The molecule has 28 heavy (non-hydrogen) atoms. The molecule has 2 aromatic carbocycles. The van der Waals surface area contributed by atoms with Crippen LogP contribution in [0, 0.1) is 24.6 Å². The summed E-state index contributed by atoms with van der Waals surface area (Å²) >= 11 is 0. The second kappa shape index (κ2) is 8.76. The van der Waals surface area contributed by atoms with Crippen LogP contribution in [0.1, 0.15) is 36.5 Å². The van der Waals surface area contributed by atoms with Crippen LogP contribution < -0.4 is 9.62 Å². The van der Waals surface area contributed by atoms with Gasteiger partial charge in [-0.05, 0) is 62.7 Å². The molecule has 3 rings (SSSR count). The molecular weight excluding hydrogens is 375 g/mol. The molecule has 2 aromatic rings. The fourth-order valence-corrected chi connectivity index (χ4v) is 4.70. The molecule has 0 bridgehead atoms. The zero-order valence-electron chi connectivity index (χ0n) is 16.3. The molecule has 0 spiro atoms. The summed E-state index contributed by atoms with van der Waals surface area (Å²) in [6.07, 6.45) is 2.16. The number of halogens is 1. The summed E-state index contributed by atoms with van der Waals surface area (Å²) in [5.74, 6) is 5.41. The molecule has 0 saturated carbocycles. The highest BCUT2D eigenvalue weighted by atomic mass is 32.2. The summed E-state index contributed by atoms with van der Waals surface area (Å²) in [6.45, 7) is 6.08. The summed E-state index contributed by atoms with van der Waals surface area (Å²) in [7, 11) is -3.70. The van der Waals surface area contributed by atoms with Crippen LogP contribution in [0.15, 0.2) is 41.3 Å². The average Bonchev–Trinajstić information content (AvgIpc) is 3.08. The van der Waals surface area contributed by atoms with Crippen LogP contribution in [0.2, 0.25) is 0 Å². The third-order valence-electron chi connectivity index (χ3n) is 4.76. The van der Waals surface area contributed by atoms with Crippen LogP contribution in [-0.4, -0.2) is 28.1 Å². The largest absolute Gasteiger partial charge is 0.317 e. The lowest BCUT2D eigenvalue weighted by Gasteiger charge is -2.20. The monoisotopic (exact) mass is 400 g/mol. The summed E-state index contributed by atoms with van der Waals surface area (Å²) in [5, 5.41) is 3.22. The minimum absolute atomic E-state index is 0.218. The zero-order valence-corrected chi connectivity index (χ0v) is 17.1. The molecule has 0 radical (unpaired) electrons. The number of hydrogen-bond donors (Lipinski definition) is 1. The number of hydrogen-bond acceptors (Lipinski definition) is 3. The highest BCUT2D eigenvalue weighted by Crippen LogP contribution is 2.34. The predicted molar refractivity (Wildman–Crippen MR) is 110 cm³/mol. The smallest absolute Gasteiger partial charge is 0.264 e. The second-order valence-electron chi connectivity index (χ2n) is 6.86. The molecule has 0 unspecified atom stereocenters. The van der Waals surface area contributed by atoms with Gasteiger partial charge < -0.3 is 5.32 Å². The Bertz CT molecular complexity index is 1010. The number of unbranched alkanes of at least 4 members (excludes halogenated alkanes) is 1. The Morgan fingerprint density at radius 1 is 1.21 bits per heavy atom. The van der Waals surface area contributed by atoms with Crippen molar-refractivity contribution in [1.29, 1.82) is 0 Å². The third kappa shape index (κ3) is 4.37. The van der Waals surface area contributed by atoms with Crippen LogP contribution in [-0.2, 0) is 16.4 Å². The van der Waals surface area contributed by atoms with E-state index in [1.54, 1.807) is 30.3 Å². The van der Waals surface area contributed by atoms with Crippen molar-refractivity contribution in [3.63, 3.8) is 0 Å². The Morgan fingerprint density at radius 3 is 2.68 bits per heavy atom. The zero-order chi connectivity index (χ0) is 20.1. The Balaban J connectivity index is 1.81. The minimum atomic E-state index is -3.70. The maximum atomic E-state index is 14.6. The van der Waals surface area contributed by atoms with Crippen LogP contribution >= 0.6 is 0 Å². The first-order valence-corrected chi connectivity index (χ1v) is 11.0. The first-order chi connectivity index (χ1) is 13.4. The van der Waals surface area contributed by atoms with Crippen molar-refractivity contribution < 1.29 is 12.8 Å². The number of aryl methyl sites for hydroxylation is 1. The van der Waals surface area contributed by atoms with Gasteiger partial charge in [0.15, 0.2) is 0 Å². The lowest BCUT2D eigenvalue weighted by molar-refractivity contribution is 0.592. The molecule has 1 aliphatic rings. The number of sulfonamides is 1. The molecule has 0 aliphatic carbocycles. The van der Waals surface area contributed by atoms with Crippen molar-refractivity contribution in [3.05, 3.63) is 58.9 Å². The summed E-state index contributed by atoms with van der Waals surface area (Å²) in [5.41, 5.74) is 2.54. The first kappa shape index (κ1) is 20.4. The molecule has 0 aromatic heterocycles. The number of nitrogens with zero attached hydrogens (tertiary/aromatic N) is 1. The third-order valence-corrected chi connectivity index (χ3v) is 6.59. The van der Waals surface area contributed by atoms with Gasteiger partial charge in [-0.3, -0.25) is 4.31 Å². The molecule has 1 heterocycles. The van der Waals surface area contributed by atoms with Crippen LogP contribution in [0.3, 0.4) is 0 Å². The van der Waals surface area contributed by atoms with Crippen molar-refractivity contribution >= 4 is 15.7 Å². The molecule has 0 amide bonds. The quantitative estimate of drug-likeness (QED) is 0.595. The van der Waals surface area contributed by atoms with Gasteiger partial charge in [-0.25, -0.2) is 12.8 Å². The molecular formula is C22H25FN2O2S. The highest BCUT2D eigenvalue weighted by molar-refractivity contribution is 7.92. The van der Waals surface area contributed by atoms with E-state index in [0.29, 0.717) is 30.6 Å². The Hall–Kier alpha value is -2.36. The maximum absolute atomic E-state index is 14.6. The molecule has 0 atom stereocenters. The maximum Gasteiger partial charge on any atom is 0.264 e. The standard InChI is InChI=1S/C22H25FN2O2S/c1-3-24-13-6-4-5-7-18-15-19-12-14-25(22(19)16-21(18)23)28(26,27)20-10-8-17(2)9-11-20/h8-11,15-16,24H,3-4,6,12-14H2,1-2H3. The van der Waals surface area contributed by atoms with E-state index in [9.17, 15) is 12.8 Å². The van der Waals surface area contributed by atoms with Crippen LogP contribution in [0.5, 0.6) is 0 Å². The number of fused-ring (bicyclic) bond motifs is 1. The average molecular weight is 401 g/mol. The van der Waals surface area contributed by atoms with E-state index in [1.165, 1.54) is 10.4 Å². The molecule has 148 valence electrons. The van der Waals surface area contributed by atoms with Gasteiger partial charge in [0.1, 0.15) is 5.82 Å². The van der Waals surface area contributed by atoms with Gasteiger partial charge in [0.2, 0.25) is 0 Å². The van der Waals surface area contributed by atoms with E-state index in [0.717, 1.165) is 30.6 Å². The lowest BCUT2D eigenvalue weighted by Crippen LogP contribution is -2.29. The number of anilines is 1. The predicted octanol–water partition coefficient (Wildman–Crippen LogP) is 3.63. The molecule has 1 aliphatic heterocycles. The second-order valence-corrected chi connectivity index (χ2v) is 8.72. The SMILES string of the molecule is CCNCCCC#Cc1cc2c(cc1F)N(S(=O)(=O)c1ccc(C)cc1)CC2. The Kier molecular flexibility index (Phi) is 6.38. The van der Waals surface area contributed by atoms with Gasteiger partial charge in [-0.1, -0.05) is 36.5 Å². The van der Waals surface area contributed by atoms with Gasteiger partial charge in [0.05, 0.1) is 16.1 Å². The number of rotatable bonds is 6. The van der Waals surface area contributed by atoms with Crippen molar-refractivity contribution in [3.8, 4) is 11.8 Å². The van der Waals surface area contributed by atoms with Crippen LogP contribution in [0.4, 0.5) is 10.1 Å². The van der Waals surface area contributed by atoms with E-state index >= 15 is 0 Å². The molecule has 0 saturated heterocycles. The Morgan fingerprint density at radius 2 is 1.96 bits per heavy atom. The van der Waals surface area contributed by atoms with Gasteiger partial charge in [0, 0.05) is 13.0 Å². The fourth-order valence-electron chi connectivity index (χ4n) is 3.20. The van der Waals surface area contributed by atoms with Crippen molar-refractivity contribution in [2.24, 2.45) is 0 Å². The van der Waals surface area contributed by atoms with Crippen molar-refractivity contribution in [1.82, 2.24) is 5.32 Å². The summed E-state index contributed by atoms with van der Waals surface area (Å²) in [4.78, 5) is 0.218. The van der Waals surface area contributed by atoms with E-state index in [1.807, 2.05) is 13.8 Å². The molecule has 4 nitrogen and oxygen atoms in total. The van der Waals surface area contributed by atoms with Gasteiger partial charge in [0.25, 0.3) is 10.0 Å². The van der Waals surface area contributed by atoms with Crippen molar-refractivity contribution in [2.45, 2.75) is 38.0 Å². The van der Waals surface area contributed by atoms with E-state index < -0.39 is 15.8 Å². The van der Waals surface area contributed by atoms with Gasteiger partial charge in [-0.15, -0.1) is 0 Å². The van der Waals surface area contributed by atoms with Crippen molar-refractivity contribution in [2.75, 3.05) is 23.9 Å². The molecule has 1 N–H and O–H groups in total. The normalized spacial score (nSPS) is 13.2. The van der Waals surface area contributed by atoms with E-state index in [-0.39, 0.29) is 4.90 Å². The summed E-state index contributed by atoms with van der Waals surface area (Å²) < 4.78 is 41.8. The highest BCUT2D eigenvalue weighted by Gasteiger charge is 2.31. The topological polar surface area (TPSA) is 49.4 Å². The molecule has 6 heteroatoms. The number of benzene rings is 2. The van der Waals surface area contributed by atoms with E-state index in [4.69, 9.17) is 0 Å². The minimum Gasteiger partial charge on any atom is -0.317 e. The lowest BCUT2D eigenvalue weighted by atomic mass is 10.1. The number of nitrogens with one attached hydrogen (secondary N) is 1. The summed E-state index contributed by atoms with van der Waals surface area (Å²) in [6, 6.07) is 9.69. The van der Waals surface area contributed by atoms with Gasteiger partial charge >= 0.3 is 0 Å². The molecule has 0 fully saturated rings. The van der Waals surface area contributed by atoms with E-state index in [2.05, 4.69) is 17.2 Å².